The quantitative estimate of drug-likeness (QED) is 0.529. The molecule has 1 fully saturated rings. The van der Waals surface area contributed by atoms with Gasteiger partial charge < -0.3 is 5.32 Å². The molecule has 0 saturated carbocycles. The lowest BCUT2D eigenvalue weighted by atomic mass is 10.2. The number of rotatable bonds is 0. The van der Waals surface area contributed by atoms with Crippen LogP contribution in [0.2, 0.25) is 0 Å². The maximum atomic E-state index is 4.11. The van der Waals surface area contributed by atoms with E-state index < -0.39 is 0 Å². The summed E-state index contributed by atoms with van der Waals surface area (Å²) < 4.78 is 0. The van der Waals surface area contributed by atoms with E-state index in [2.05, 4.69) is 16.4 Å². The average Bonchev–Trinajstić information content (AvgIpc) is 2.28. The Morgan fingerprint density at radius 1 is 1.50 bits per heavy atom. The van der Waals surface area contributed by atoms with Crippen LogP contribution in [0.15, 0.2) is 28.5 Å². The number of allylic oxidation sites excluding steroid dienone is 2. The largest absolute Gasteiger partial charge is 0.383 e. The summed E-state index contributed by atoms with van der Waals surface area (Å²) in [6, 6.07) is 0. The van der Waals surface area contributed by atoms with Crippen LogP contribution in [0.5, 0.6) is 0 Å². The zero-order valence-corrected chi connectivity index (χ0v) is 5.80. The minimum atomic E-state index is 0.983. The van der Waals surface area contributed by atoms with Gasteiger partial charge in [0.15, 0.2) is 0 Å². The maximum Gasteiger partial charge on any atom is 0.0556 e. The molecule has 0 aliphatic carbocycles. The van der Waals surface area contributed by atoms with E-state index >= 15 is 0 Å². The molecule has 2 aliphatic rings. The van der Waals surface area contributed by atoms with Crippen molar-refractivity contribution in [1.82, 2.24) is 5.32 Å². The summed E-state index contributed by atoms with van der Waals surface area (Å²) in [7, 11) is 0. The highest BCUT2D eigenvalue weighted by molar-refractivity contribution is 5.62. The molecule has 0 amide bonds. The Morgan fingerprint density at radius 3 is 3.50 bits per heavy atom. The predicted molar refractivity (Wildman–Crippen MR) is 41.9 cm³/mol. The van der Waals surface area contributed by atoms with Gasteiger partial charge >= 0.3 is 0 Å². The molecule has 2 heteroatoms. The zero-order chi connectivity index (χ0) is 6.81. The third-order valence-corrected chi connectivity index (χ3v) is 1.83. The van der Waals surface area contributed by atoms with Crippen molar-refractivity contribution in [3.8, 4) is 0 Å². The number of aliphatic imine (C=N–C) groups is 1. The number of fused-ring (bicyclic) bond motifs is 1. The van der Waals surface area contributed by atoms with E-state index in [4.69, 9.17) is 0 Å². The van der Waals surface area contributed by atoms with Crippen molar-refractivity contribution in [3.63, 3.8) is 0 Å². The molecule has 0 aromatic rings. The van der Waals surface area contributed by atoms with Gasteiger partial charge in [0.05, 0.1) is 5.70 Å². The van der Waals surface area contributed by atoms with E-state index in [9.17, 15) is 0 Å². The van der Waals surface area contributed by atoms with E-state index in [1.807, 2.05) is 12.4 Å². The first-order chi connectivity index (χ1) is 4.97. The molecule has 1 N–H and O–H groups in total. The van der Waals surface area contributed by atoms with Gasteiger partial charge in [0.25, 0.3) is 0 Å². The number of hydrogen-bond acceptors (Lipinski definition) is 2. The molecule has 0 spiro atoms. The molecule has 1 saturated heterocycles. The fraction of sp³-hybridized carbons (Fsp3) is 0.375. The molecule has 2 nitrogen and oxygen atoms in total. The Balaban J connectivity index is 2.34. The Kier molecular flexibility index (Phi) is 1.31. The third-order valence-electron chi connectivity index (χ3n) is 1.83. The van der Waals surface area contributed by atoms with Gasteiger partial charge in [-0.25, -0.2) is 0 Å². The molecule has 0 radical (unpaired) electrons. The molecular weight excluding hydrogens is 124 g/mol. The van der Waals surface area contributed by atoms with Gasteiger partial charge in [0.2, 0.25) is 0 Å². The van der Waals surface area contributed by atoms with Gasteiger partial charge in [0.1, 0.15) is 0 Å². The summed E-state index contributed by atoms with van der Waals surface area (Å²) >= 11 is 0. The van der Waals surface area contributed by atoms with Crippen LogP contribution in [0.3, 0.4) is 0 Å². The fourth-order valence-electron chi connectivity index (χ4n) is 1.30. The van der Waals surface area contributed by atoms with Crippen LogP contribution in [-0.4, -0.2) is 12.8 Å². The molecule has 2 aliphatic heterocycles. The molecule has 52 valence electrons. The Hall–Kier alpha value is -1.05. The Labute approximate surface area is 60.3 Å². The first-order valence-corrected chi connectivity index (χ1v) is 3.62. The maximum absolute atomic E-state index is 4.11. The minimum Gasteiger partial charge on any atom is -0.383 e. The van der Waals surface area contributed by atoms with E-state index in [-0.39, 0.29) is 0 Å². The van der Waals surface area contributed by atoms with Crippen LogP contribution in [0.4, 0.5) is 0 Å². The second-order valence-corrected chi connectivity index (χ2v) is 2.52. The third kappa shape index (κ3) is 0.856. The smallest absolute Gasteiger partial charge is 0.0556 e. The van der Waals surface area contributed by atoms with Gasteiger partial charge in [0, 0.05) is 25.4 Å². The highest BCUT2D eigenvalue weighted by Crippen LogP contribution is 2.19. The fourth-order valence-corrected chi connectivity index (χ4v) is 1.30. The first-order valence-electron chi connectivity index (χ1n) is 3.62. The van der Waals surface area contributed by atoms with Crippen LogP contribution >= 0.6 is 0 Å². The summed E-state index contributed by atoms with van der Waals surface area (Å²) in [5, 5.41) is 3.28. The van der Waals surface area contributed by atoms with Gasteiger partial charge in [-0.1, -0.05) is 6.08 Å². The van der Waals surface area contributed by atoms with Crippen LogP contribution in [-0.2, 0) is 0 Å². The lowest BCUT2D eigenvalue weighted by Crippen LogP contribution is -2.02. The molecule has 0 aromatic heterocycles. The standard InChI is InChI=1S/C8H10N2/c1-2-7-3-5-10-8(7)6-9-4-1/h2,4,6,10H,1,3,5H2. The van der Waals surface area contributed by atoms with Crippen molar-refractivity contribution in [3.05, 3.63) is 23.5 Å². The second-order valence-electron chi connectivity index (χ2n) is 2.52. The molecule has 2 rings (SSSR count). The van der Waals surface area contributed by atoms with Gasteiger partial charge in [-0.3, -0.25) is 4.99 Å². The van der Waals surface area contributed by atoms with Crippen molar-refractivity contribution in [1.29, 1.82) is 0 Å². The average molecular weight is 134 g/mol. The summed E-state index contributed by atoms with van der Waals surface area (Å²) in [5.41, 5.74) is 2.64. The van der Waals surface area contributed by atoms with E-state index in [1.165, 1.54) is 11.3 Å². The summed E-state index contributed by atoms with van der Waals surface area (Å²) in [4.78, 5) is 4.11. The number of hydrogen-bond donors (Lipinski definition) is 1. The zero-order valence-electron chi connectivity index (χ0n) is 5.80. The van der Waals surface area contributed by atoms with Crippen LogP contribution in [0.25, 0.3) is 0 Å². The van der Waals surface area contributed by atoms with Crippen molar-refractivity contribution in [2.45, 2.75) is 12.8 Å². The summed E-state index contributed by atoms with van der Waals surface area (Å²) in [5.74, 6) is 0. The van der Waals surface area contributed by atoms with Crippen molar-refractivity contribution < 1.29 is 0 Å². The lowest BCUT2D eigenvalue weighted by molar-refractivity contribution is 0.912. The van der Waals surface area contributed by atoms with Crippen molar-refractivity contribution in [2.75, 3.05) is 6.54 Å². The lowest BCUT2D eigenvalue weighted by Gasteiger charge is -1.94. The van der Waals surface area contributed by atoms with Gasteiger partial charge in [-0.15, -0.1) is 0 Å². The molecule has 0 unspecified atom stereocenters. The van der Waals surface area contributed by atoms with Crippen molar-refractivity contribution in [2.24, 2.45) is 4.99 Å². The molecule has 0 aromatic carbocycles. The van der Waals surface area contributed by atoms with Gasteiger partial charge in [-0.2, -0.15) is 0 Å². The number of nitrogens with zero attached hydrogens (tertiary/aromatic N) is 1. The highest BCUT2D eigenvalue weighted by Gasteiger charge is 2.11. The normalized spacial score (nSPS) is 22.4. The van der Waals surface area contributed by atoms with Crippen molar-refractivity contribution >= 4 is 6.21 Å². The Morgan fingerprint density at radius 2 is 2.50 bits per heavy atom. The minimum absolute atomic E-state index is 0.983. The van der Waals surface area contributed by atoms with E-state index in [0.717, 1.165) is 19.4 Å². The summed E-state index contributed by atoms with van der Waals surface area (Å²) in [6.45, 7) is 1.08. The Bertz CT molecular complexity index is 223. The molecule has 2 heterocycles. The monoisotopic (exact) mass is 134 g/mol. The molecular formula is C8H10N2. The van der Waals surface area contributed by atoms with Crippen LogP contribution < -0.4 is 5.32 Å². The van der Waals surface area contributed by atoms with E-state index in [0.29, 0.717) is 0 Å². The first kappa shape index (κ1) is 5.71. The molecule has 0 atom stereocenters. The van der Waals surface area contributed by atoms with Crippen LogP contribution in [0.1, 0.15) is 12.8 Å². The summed E-state index contributed by atoms with van der Waals surface area (Å²) in [6.07, 6.45) is 8.22. The molecule has 0 bridgehead atoms. The topological polar surface area (TPSA) is 24.4 Å². The van der Waals surface area contributed by atoms with Crippen LogP contribution in [0, 0.1) is 0 Å². The van der Waals surface area contributed by atoms with E-state index in [1.54, 1.807) is 0 Å². The SMILES string of the molecule is C1=NC=C2NCCC2=CC1. The second kappa shape index (κ2) is 2.29. The highest BCUT2D eigenvalue weighted by atomic mass is 14.9. The van der Waals surface area contributed by atoms with Gasteiger partial charge in [-0.05, 0) is 12.0 Å². The number of nitrogens with one attached hydrogen (secondary N) is 1. The predicted octanol–water partition coefficient (Wildman–Crippen LogP) is 1.22. The molecule has 10 heavy (non-hydrogen) atoms.